The van der Waals surface area contributed by atoms with Crippen molar-refractivity contribution in [3.63, 3.8) is 0 Å². The Bertz CT molecular complexity index is 451. The van der Waals surface area contributed by atoms with Gasteiger partial charge in [-0.15, -0.1) is 0 Å². The highest BCUT2D eigenvalue weighted by Gasteiger charge is 2.20. The Morgan fingerprint density at radius 2 is 1.58 bits per heavy atom. The zero-order chi connectivity index (χ0) is 14.4. The topological polar surface area (TPSA) is 52.6 Å². The summed E-state index contributed by atoms with van der Waals surface area (Å²) in [7, 11) is 1.28. The highest BCUT2D eigenvalue weighted by Crippen LogP contribution is 2.15. The number of benzene rings is 1. The Morgan fingerprint density at radius 3 is 2.05 bits per heavy atom. The van der Waals surface area contributed by atoms with Gasteiger partial charge in [-0.2, -0.15) is 0 Å². The molecule has 0 N–H and O–H groups in total. The van der Waals surface area contributed by atoms with E-state index in [1.807, 2.05) is 6.92 Å². The third kappa shape index (κ3) is 4.39. The second kappa shape index (κ2) is 6.92. The average molecular weight is 264 g/mol. The molecule has 19 heavy (non-hydrogen) atoms. The fourth-order valence-electron chi connectivity index (χ4n) is 1.91. The lowest BCUT2D eigenvalue weighted by Gasteiger charge is -2.16. The molecule has 1 aromatic carbocycles. The van der Waals surface area contributed by atoms with Gasteiger partial charge < -0.3 is 9.47 Å². The molecule has 0 spiro atoms. The van der Waals surface area contributed by atoms with Gasteiger partial charge in [-0.05, 0) is 31.4 Å². The number of esters is 2. The minimum atomic E-state index is -0.538. The fraction of sp³-hybridized carbons (Fsp3) is 0.467. The number of ether oxygens (including phenoxy) is 2. The Labute approximate surface area is 113 Å². The smallest absolute Gasteiger partial charge is 0.339 e. The number of carbonyl (C=O) groups excluding carboxylic acids is 2. The van der Waals surface area contributed by atoms with Gasteiger partial charge in [0, 0.05) is 0 Å². The van der Waals surface area contributed by atoms with Crippen molar-refractivity contribution in [1.29, 1.82) is 0 Å². The van der Waals surface area contributed by atoms with Crippen LogP contribution in [0.1, 0.15) is 47.9 Å². The van der Waals surface area contributed by atoms with Gasteiger partial charge in [0.15, 0.2) is 0 Å². The summed E-state index contributed by atoms with van der Waals surface area (Å²) in [5.41, 5.74) is 0.469. The summed E-state index contributed by atoms with van der Waals surface area (Å²) in [4.78, 5) is 23.6. The van der Waals surface area contributed by atoms with E-state index in [4.69, 9.17) is 4.74 Å². The lowest BCUT2D eigenvalue weighted by atomic mass is 10.1. The van der Waals surface area contributed by atoms with Crippen LogP contribution in [0.4, 0.5) is 0 Å². The van der Waals surface area contributed by atoms with Crippen molar-refractivity contribution in [2.75, 3.05) is 7.11 Å². The summed E-state index contributed by atoms with van der Waals surface area (Å²) in [6.45, 7) is 5.97. The van der Waals surface area contributed by atoms with E-state index >= 15 is 0 Å². The van der Waals surface area contributed by atoms with E-state index in [-0.39, 0.29) is 17.2 Å². The maximum absolute atomic E-state index is 12.0. The van der Waals surface area contributed by atoms with Gasteiger partial charge in [-0.25, -0.2) is 9.59 Å². The summed E-state index contributed by atoms with van der Waals surface area (Å²) < 4.78 is 9.99. The number of hydrogen-bond acceptors (Lipinski definition) is 4. The van der Waals surface area contributed by atoms with Crippen LogP contribution >= 0.6 is 0 Å². The van der Waals surface area contributed by atoms with Crippen molar-refractivity contribution in [2.45, 2.75) is 33.3 Å². The fourth-order valence-corrected chi connectivity index (χ4v) is 1.91. The van der Waals surface area contributed by atoms with Crippen molar-refractivity contribution in [3.8, 4) is 0 Å². The standard InChI is InChI=1S/C15H20O4/c1-10(2)9-11(3)19-15(17)13-8-6-5-7-12(13)14(16)18-4/h5-8,10-11H,9H2,1-4H3. The molecule has 0 aliphatic rings. The largest absolute Gasteiger partial charge is 0.465 e. The quantitative estimate of drug-likeness (QED) is 0.767. The molecule has 0 saturated carbocycles. The van der Waals surface area contributed by atoms with Crippen LogP contribution in [0.25, 0.3) is 0 Å². The molecule has 0 amide bonds. The molecule has 1 rings (SSSR count). The van der Waals surface area contributed by atoms with E-state index in [0.717, 1.165) is 6.42 Å². The highest BCUT2D eigenvalue weighted by atomic mass is 16.5. The second-order valence-corrected chi connectivity index (χ2v) is 4.88. The second-order valence-electron chi connectivity index (χ2n) is 4.88. The third-order valence-electron chi connectivity index (χ3n) is 2.66. The molecule has 0 aromatic heterocycles. The van der Waals surface area contributed by atoms with Crippen LogP contribution in [0.3, 0.4) is 0 Å². The van der Waals surface area contributed by atoms with Crippen LogP contribution in [-0.4, -0.2) is 25.2 Å². The van der Waals surface area contributed by atoms with Gasteiger partial charge in [0.1, 0.15) is 0 Å². The van der Waals surface area contributed by atoms with E-state index in [1.165, 1.54) is 7.11 Å². The van der Waals surface area contributed by atoms with Gasteiger partial charge in [0.25, 0.3) is 0 Å². The zero-order valence-corrected chi connectivity index (χ0v) is 11.8. The zero-order valence-electron chi connectivity index (χ0n) is 11.8. The first-order valence-electron chi connectivity index (χ1n) is 6.34. The predicted molar refractivity (Wildman–Crippen MR) is 72.1 cm³/mol. The molecule has 0 saturated heterocycles. The first-order chi connectivity index (χ1) is 8.95. The Hall–Kier alpha value is -1.84. The van der Waals surface area contributed by atoms with Crippen molar-refractivity contribution in [1.82, 2.24) is 0 Å². The SMILES string of the molecule is COC(=O)c1ccccc1C(=O)OC(C)CC(C)C. The van der Waals surface area contributed by atoms with Crippen molar-refractivity contribution in [3.05, 3.63) is 35.4 Å². The Kier molecular flexibility index (Phi) is 5.55. The summed E-state index contributed by atoms with van der Waals surface area (Å²) in [6.07, 6.45) is 0.602. The van der Waals surface area contributed by atoms with E-state index in [2.05, 4.69) is 18.6 Å². The summed E-state index contributed by atoms with van der Waals surface area (Å²) in [5, 5.41) is 0. The minimum Gasteiger partial charge on any atom is -0.465 e. The van der Waals surface area contributed by atoms with Gasteiger partial charge in [-0.3, -0.25) is 0 Å². The Balaban J connectivity index is 2.85. The lowest BCUT2D eigenvalue weighted by Crippen LogP contribution is -2.19. The molecule has 1 unspecified atom stereocenters. The number of rotatable bonds is 5. The van der Waals surface area contributed by atoms with Crippen LogP contribution in [0, 0.1) is 5.92 Å². The van der Waals surface area contributed by atoms with Crippen LogP contribution < -0.4 is 0 Å². The minimum absolute atomic E-state index is 0.182. The number of methoxy groups -OCH3 is 1. The number of hydrogen-bond donors (Lipinski definition) is 0. The van der Waals surface area contributed by atoms with Gasteiger partial charge >= 0.3 is 11.9 Å². The number of carbonyl (C=O) groups is 2. The third-order valence-corrected chi connectivity index (χ3v) is 2.66. The van der Waals surface area contributed by atoms with Crippen LogP contribution in [0.2, 0.25) is 0 Å². The van der Waals surface area contributed by atoms with Gasteiger partial charge in [-0.1, -0.05) is 26.0 Å². The van der Waals surface area contributed by atoms with Crippen LogP contribution in [0.5, 0.6) is 0 Å². The first kappa shape index (κ1) is 15.2. The molecule has 0 bridgehead atoms. The lowest BCUT2D eigenvalue weighted by molar-refractivity contribution is 0.0292. The van der Waals surface area contributed by atoms with Crippen molar-refractivity contribution < 1.29 is 19.1 Å². The normalized spacial score (nSPS) is 12.1. The molecule has 0 radical (unpaired) electrons. The molecule has 1 atom stereocenters. The summed E-state index contributed by atoms with van der Waals surface area (Å²) in [6, 6.07) is 6.49. The van der Waals surface area contributed by atoms with E-state index in [1.54, 1.807) is 24.3 Å². The maximum atomic E-state index is 12.0. The van der Waals surface area contributed by atoms with E-state index in [9.17, 15) is 9.59 Å². The molecule has 0 fully saturated rings. The molecular formula is C15H20O4. The van der Waals surface area contributed by atoms with Gasteiger partial charge in [0.2, 0.25) is 0 Å². The average Bonchev–Trinajstić information content (AvgIpc) is 2.36. The molecule has 0 heterocycles. The summed E-state index contributed by atoms with van der Waals surface area (Å²) >= 11 is 0. The molecular weight excluding hydrogens is 244 g/mol. The summed E-state index contributed by atoms with van der Waals surface area (Å²) in [5.74, 6) is -0.586. The van der Waals surface area contributed by atoms with E-state index < -0.39 is 11.9 Å². The molecule has 0 aliphatic carbocycles. The first-order valence-corrected chi connectivity index (χ1v) is 6.34. The molecule has 1 aromatic rings. The predicted octanol–water partition coefficient (Wildman–Crippen LogP) is 3.06. The maximum Gasteiger partial charge on any atom is 0.339 e. The van der Waals surface area contributed by atoms with E-state index in [0.29, 0.717) is 5.92 Å². The van der Waals surface area contributed by atoms with Crippen LogP contribution in [0.15, 0.2) is 24.3 Å². The molecule has 0 aliphatic heterocycles. The Morgan fingerprint density at radius 1 is 1.05 bits per heavy atom. The van der Waals surface area contributed by atoms with Crippen LogP contribution in [-0.2, 0) is 9.47 Å². The molecule has 4 heteroatoms. The van der Waals surface area contributed by atoms with Crippen molar-refractivity contribution in [2.24, 2.45) is 5.92 Å². The highest BCUT2D eigenvalue weighted by molar-refractivity contribution is 6.03. The molecule has 4 nitrogen and oxygen atoms in total. The van der Waals surface area contributed by atoms with Crippen molar-refractivity contribution >= 4 is 11.9 Å². The molecule has 104 valence electrons. The monoisotopic (exact) mass is 264 g/mol. The van der Waals surface area contributed by atoms with Gasteiger partial charge in [0.05, 0.1) is 24.3 Å².